The third-order valence-electron chi connectivity index (χ3n) is 2.99. The van der Waals surface area contributed by atoms with Crippen LogP contribution in [0.5, 0.6) is 0 Å². The molecule has 1 atom stereocenters. The summed E-state index contributed by atoms with van der Waals surface area (Å²) in [5, 5.41) is 17.7. The molecule has 1 aromatic rings. The van der Waals surface area contributed by atoms with Crippen molar-refractivity contribution in [2.45, 2.75) is 32.0 Å². The summed E-state index contributed by atoms with van der Waals surface area (Å²) in [5.41, 5.74) is 2.25. The van der Waals surface area contributed by atoms with Gasteiger partial charge in [-0.3, -0.25) is 0 Å². The lowest BCUT2D eigenvalue weighted by atomic mass is 9.88. The maximum Gasteiger partial charge on any atom is 0.480 e. The van der Waals surface area contributed by atoms with Gasteiger partial charge in [0.2, 0.25) is 0 Å². The molecule has 2 rings (SSSR count). The van der Waals surface area contributed by atoms with Gasteiger partial charge in [0.05, 0.1) is 12.7 Å². The molecule has 17 heavy (non-hydrogen) atoms. The van der Waals surface area contributed by atoms with Crippen molar-refractivity contribution < 1.29 is 14.8 Å². The molecule has 0 spiro atoms. The van der Waals surface area contributed by atoms with E-state index in [0.29, 0.717) is 6.61 Å². The molecule has 0 heterocycles. The molecule has 0 amide bonds. The summed E-state index contributed by atoms with van der Waals surface area (Å²) >= 11 is 0. The van der Waals surface area contributed by atoms with Crippen molar-refractivity contribution in [1.29, 1.82) is 0 Å². The molecule has 1 fully saturated rings. The van der Waals surface area contributed by atoms with E-state index in [1.54, 1.807) is 0 Å². The first-order chi connectivity index (χ1) is 8.24. The van der Waals surface area contributed by atoms with Crippen molar-refractivity contribution in [2.24, 2.45) is 0 Å². The minimum atomic E-state index is -1.34. The Balaban J connectivity index is 1.79. The van der Waals surface area contributed by atoms with Crippen LogP contribution in [0.4, 0.5) is 0 Å². The molecule has 0 saturated heterocycles. The Hall–Kier alpha value is -1.10. The fourth-order valence-electron chi connectivity index (χ4n) is 2.14. The molecule has 1 aliphatic rings. The Morgan fingerprint density at radius 2 is 2.06 bits per heavy atom. The number of ether oxygens (including phenoxy) is 1. The van der Waals surface area contributed by atoms with Gasteiger partial charge in [-0.15, -0.1) is 0 Å². The lowest BCUT2D eigenvalue weighted by Gasteiger charge is -2.10. The predicted octanol–water partition coefficient (Wildman–Crippen LogP) is 1.69. The maximum atomic E-state index is 8.85. The number of hydrogen-bond donors (Lipinski definition) is 2. The highest BCUT2D eigenvalue weighted by molar-refractivity contribution is 6.47. The first kappa shape index (κ1) is 12.4. The zero-order chi connectivity index (χ0) is 12.1. The topological polar surface area (TPSA) is 49.7 Å². The Morgan fingerprint density at radius 1 is 1.29 bits per heavy atom. The van der Waals surface area contributed by atoms with Crippen LogP contribution in [0.2, 0.25) is 0 Å². The fraction of sp³-hybridized carbons (Fsp3) is 0.385. The second kappa shape index (κ2) is 6.01. The van der Waals surface area contributed by atoms with E-state index in [0.717, 1.165) is 24.8 Å². The lowest BCUT2D eigenvalue weighted by Crippen LogP contribution is -2.09. The molecule has 0 bridgehead atoms. The molecule has 0 aromatic heterocycles. The highest BCUT2D eigenvalue weighted by Crippen LogP contribution is 2.27. The van der Waals surface area contributed by atoms with E-state index in [1.165, 1.54) is 11.5 Å². The Labute approximate surface area is 102 Å². The van der Waals surface area contributed by atoms with Gasteiger partial charge in [0, 0.05) is 0 Å². The SMILES string of the molecule is OB(O)/C=C1/CCC(OCc2ccccc2)C1. The van der Waals surface area contributed by atoms with E-state index in [1.807, 2.05) is 30.3 Å². The maximum absolute atomic E-state index is 8.85. The lowest BCUT2D eigenvalue weighted by molar-refractivity contribution is 0.0475. The third kappa shape index (κ3) is 4.00. The van der Waals surface area contributed by atoms with Crippen LogP contribution >= 0.6 is 0 Å². The molecule has 0 radical (unpaired) electrons. The van der Waals surface area contributed by atoms with Crippen LogP contribution in [0.3, 0.4) is 0 Å². The minimum absolute atomic E-state index is 0.209. The summed E-state index contributed by atoms with van der Waals surface area (Å²) in [6.07, 6.45) is 2.88. The van der Waals surface area contributed by atoms with Crippen LogP contribution in [0, 0.1) is 0 Å². The van der Waals surface area contributed by atoms with Crippen molar-refractivity contribution in [3.05, 3.63) is 47.4 Å². The van der Waals surface area contributed by atoms with Crippen molar-refractivity contribution in [3.63, 3.8) is 0 Å². The van der Waals surface area contributed by atoms with E-state index in [4.69, 9.17) is 14.8 Å². The van der Waals surface area contributed by atoms with Crippen molar-refractivity contribution in [1.82, 2.24) is 0 Å². The largest absolute Gasteiger partial charge is 0.480 e. The van der Waals surface area contributed by atoms with Crippen LogP contribution in [0.1, 0.15) is 24.8 Å². The summed E-state index contributed by atoms with van der Waals surface area (Å²) in [6, 6.07) is 10.1. The molecule has 1 aliphatic carbocycles. The normalized spacial score (nSPS) is 22.0. The van der Waals surface area contributed by atoms with Crippen molar-refractivity contribution >= 4 is 7.12 Å². The average Bonchev–Trinajstić information content (AvgIpc) is 2.75. The number of rotatable bonds is 4. The molecule has 1 aromatic carbocycles. The highest BCUT2D eigenvalue weighted by Gasteiger charge is 2.21. The molecule has 3 nitrogen and oxygen atoms in total. The molecular formula is C13H17BO3. The second-order valence-corrected chi connectivity index (χ2v) is 4.40. The van der Waals surface area contributed by atoms with E-state index in [2.05, 4.69) is 0 Å². The van der Waals surface area contributed by atoms with Crippen molar-refractivity contribution in [3.8, 4) is 0 Å². The minimum Gasteiger partial charge on any atom is -0.424 e. The Bertz CT molecular complexity index is 376. The first-order valence-corrected chi connectivity index (χ1v) is 5.95. The highest BCUT2D eigenvalue weighted by atomic mass is 16.5. The summed E-state index contributed by atoms with van der Waals surface area (Å²) in [5.74, 6) is 1.51. The van der Waals surface area contributed by atoms with Crippen LogP contribution in [-0.2, 0) is 11.3 Å². The molecule has 1 unspecified atom stereocenters. The molecule has 2 N–H and O–H groups in total. The van der Waals surface area contributed by atoms with E-state index < -0.39 is 7.12 Å². The summed E-state index contributed by atoms with van der Waals surface area (Å²) in [4.78, 5) is 0. The molecule has 0 aliphatic heterocycles. The molecule has 1 saturated carbocycles. The second-order valence-electron chi connectivity index (χ2n) is 4.40. The van der Waals surface area contributed by atoms with Crippen LogP contribution < -0.4 is 0 Å². The quantitative estimate of drug-likeness (QED) is 0.776. The van der Waals surface area contributed by atoms with Gasteiger partial charge in [0.1, 0.15) is 0 Å². The monoisotopic (exact) mass is 232 g/mol. The zero-order valence-corrected chi connectivity index (χ0v) is 9.75. The summed E-state index contributed by atoms with van der Waals surface area (Å²) in [7, 11) is -1.34. The Kier molecular flexibility index (Phi) is 4.37. The van der Waals surface area contributed by atoms with Gasteiger partial charge in [0.25, 0.3) is 0 Å². The predicted molar refractivity (Wildman–Crippen MR) is 67.1 cm³/mol. The van der Waals surface area contributed by atoms with Crippen molar-refractivity contribution in [2.75, 3.05) is 0 Å². The van der Waals surface area contributed by atoms with Gasteiger partial charge in [-0.25, -0.2) is 0 Å². The van der Waals surface area contributed by atoms with Crippen LogP contribution in [0.15, 0.2) is 41.9 Å². The van der Waals surface area contributed by atoms with Crippen LogP contribution in [0.25, 0.3) is 0 Å². The van der Waals surface area contributed by atoms with Gasteiger partial charge in [0.15, 0.2) is 0 Å². The van der Waals surface area contributed by atoms with Gasteiger partial charge in [-0.1, -0.05) is 41.9 Å². The summed E-state index contributed by atoms with van der Waals surface area (Å²) in [6.45, 7) is 0.625. The molecular weight excluding hydrogens is 215 g/mol. The number of benzene rings is 1. The molecule has 90 valence electrons. The van der Waals surface area contributed by atoms with Gasteiger partial charge >= 0.3 is 7.12 Å². The van der Waals surface area contributed by atoms with E-state index in [-0.39, 0.29) is 6.10 Å². The average molecular weight is 232 g/mol. The smallest absolute Gasteiger partial charge is 0.424 e. The van der Waals surface area contributed by atoms with E-state index >= 15 is 0 Å². The fourth-order valence-corrected chi connectivity index (χ4v) is 2.14. The standard InChI is InChI=1S/C13H17BO3/c15-14(16)9-12-6-7-13(8-12)17-10-11-4-2-1-3-5-11/h1-5,9,13,15-16H,6-8,10H2/b12-9-. The van der Waals surface area contributed by atoms with Gasteiger partial charge in [-0.2, -0.15) is 0 Å². The third-order valence-corrected chi connectivity index (χ3v) is 2.99. The zero-order valence-electron chi connectivity index (χ0n) is 9.75. The van der Waals surface area contributed by atoms with Crippen LogP contribution in [-0.4, -0.2) is 23.3 Å². The number of hydrogen-bond acceptors (Lipinski definition) is 3. The Morgan fingerprint density at radius 3 is 2.76 bits per heavy atom. The molecule has 4 heteroatoms. The van der Waals surface area contributed by atoms with Gasteiger partial charge < -0.3 is 14.8 Å². The summed E-state index contributed by atoms with van der Waals surface area (Å²) < 4.78 is 5.80. The van der Waals surface area contributed by atoms with E-state index in [9.17, 15) is 0 Å². The van der Waals surface area contributed by atoms with Gasteiger partial charge in [-0.05, 0) is 24.8 Å². The first-order valence-electron chi connectivity index (χ1n) is 5.95.